The predicted molar refractivity (Wildman–Crippen MR) is 71.0 cm³/mol. The standard InChI is InChI=1S/C12H16N6O/c1-4-10-14-9(13)7-11(15-10)18-6-5-8(16-18)12(19)17(2)3/h5-7H,4H2,1-3H3,(H2,13,14,15). The molecule has 2 aromatic heterocycles. The van der Waals surface area contributed by atoms with E-state index in [-0.39, 0.29) is 5.91 Å². The fourth-order valence-corrected chi connectivity index (χ4v) is 1.57. The minimum atomic E-state index is -0.156. The Morgan fingerprint density at radius 3 is 2.79 bits per heavy atom. The van der Waals surface area contributed by atoms with Gasteiger partial charge in [0.15, 0.2) is 11.5 Å². The summed E-state index contributed by atoms with van der Waals surface area (Å²) in [6.45, 7) is 1.95. The molecule has 0 bridgehead atoms. The van der Waals surface area contributed by atoms with Crippen LogP contribution in [0.2, 0.25) is 0 Å². The van der Waals surface area contributed by atoms with Crippen LogP contribution in [0.15, 0.2) is 18.3 Å². The van der Waals surface area contributed by atoms with Crippen LogP contribution in [-0.2, 0) is 6.42 Å². The second-order valence-corrected chi connectivity index (χ2v) is 4.27. The van der Waals surface area contributed by atoms with Crippen molar-refractivity contribution in [3.63, 3.8) is 0 Å². The van der Waals surface area contributed by atoms with E-state index in [1.54, 1.807) is 32.4 Å². The molecule has 7 heteroatoms. The highest BCUT2D eigenvalue weighted by Crippen LogP contribution is 2.10. The molecule has 7 nitrogen and oxygen atoms in total. The van der Waals surface area contributed by atoms with E-state index < -0.39 is 0 Å². The van der Waals surface area contributed by atoms with Gasteiger partial charge in [0, 0.05) is 32.8 Å². The van der Waals surface area contributed by atoms with E-state index in [9.17, 15) is 4.79 Å². The molecule has 0 spiro atoms. The lowest BCUT2D eigenvalue weighted by Crippen LogP contribution is -2.22. The molecule has 2 N–H and O–H groups in total. The lowest BCUT2D eigenvalue weighted by atomic mass is 10.4. The number of hydrogen-bond acceptors (Lipinski definition) is 5. The van der Waals surface area contributed by atoms with E-state index in [0.717, 1.165) is 0 Å². The Bertz CT molecular complexity index is 604. The van der Waals surface area contributed by atoms with Crippen LogP contribution in [0.5, 0.6) is 0 Å². The number of aryl methyl sites for hydroxylation is 1. The molecular weight excluding hydrogens is 244 g/mol. The van der Waals surface area contributed by atoms with Gasteiger partial charge in [0.05, 0.1) is 0 Å². The Labute approximate surface area is 111 Å². The molecule has 0 fully saturated rings. The van der Waals surface area contributed by atoms with Crippen LogP contribution in [0.25, 0.3) is 5.82 Å². The third-order valence-corrected chi connectivity index (χ3v) is 2.54. The van der Waals surface area contributed by atoms with Crippen molar-refractivity contribution in [1.29, 1.82) is 0 Å². The van der Waals surface area contributed by atoms with Crippen molar-refractivity contribution >= 4 is 11.7 Å². The molecule has 2 heterocycles. The molecule has 0 aromatic carbocycles. The van der Waals surface area contributed by atoms with Gasteiger partial charge in [-0.05, 0) is 6.07 Å². The van der Waals surface area contributed by atoms with Crippen LogP contribution >= 0.6 is 0 Å². The first-order chi connectivity index (χ1) is 9.01. The van der Waals surface area contributed by atoms with Crippen molar-refractivity contribution in [1.82, 2.24) is 24.6 Å². The van der Waals surface area contributed by atoms with E-state index in [1.165, 1.54) is 9.58 Å². The van der Waals surface area contributed by atoms with Gasteiger partial charge in [0.2, 0.25) is 0 Å². The fraction of sp³-hybridized carbons (Fsp3) is 0.333. The molecule has 0 saturated carbocycles. The third kappa shape index (κ3) is 2.70. The van der Waals surface area contributed by atoms with Gasteiger partial charge in [-0.1, -0.05) is 6.92 Å². The zero-order valence-electron chi connectivity index (χ0n) is 11.2. The molecule has 1 amide bonds. The number of carbonyl (C=O) groups is 1. The first-order valence-electron chi connectivity index (χ1n) is 5.92. The topological polar surface area (TPSA) is 89.9 Å². The van der Waals surface area contributed by atoms with Crippen LogP contribution in [-0.4, -0.2) is 44.7 Å². The van der Waals surface area contributed by atoms with E-state index in [2.05, 4.69) is 15.1 Å². The monoisotopic (exact) mass is 260 g/mol. The second kappa shape index (κ2) is 5.05. The van der Waals surface area contributed by atoms with Crippen LogP contribution in [0, 0.1) is 0 Å². The highest BCUT2D eigenvalue weighted by Gasteiger charge is 2.13. The number of aromatic nitrogens is 4. The van der Waals surface area contributed by atoms with Gasteiger partial charge in [-0.3, -0.25) is 4.79 Å². The molecule has 0 atom stereocenters. The molecule has 0 saturated heterocycles. The Morgan fingerprint density at radius 2 is 2.16 bits per heavy atom. The lowest BCUT2D eigenvalue weighted by Gasteiger charge is -2.07. The molecule has 0 radical (unpaired) electrons. The van der Waals surface area contributed by atoms with Gasteiger partial charge in [-0.15, -0.1) is 0 Å². The first-order valence-corrected chi connectivity index (χ1v) is 5.92. The lowest BCUT2D eigenvalue weighted by molar-refractivity contribution is 0.0821. The van der Waals surface area contributed by atoms with Crippen molar-refractivity contribution in [2.75, 3.05) is 19.8 Å². The number of nitrogens with zero attached hydrogens (tertiary/aromatic N) is 5. The number of nitrogen functional groups attached to an aromatic ring is 1. The molecule has 0 aliphatic rings. The van der Waals surface area contributed by atoms with Gasteiger partial charge in [-0.25, -0.2) is 14.6 Å². The average molecular weight is 260 g/mol. The highest BCUT2D eigenvalue weighted by molar-refractivity contribution is 5.91. The van der Waals surface area contributed by atoms with E-state index in [4.69, 9.17) is 5.73 Å². The summed E-state index contributed by atoms with van der Waals surface area (Å²) in [5, 5.41) is 4.20. The largest absolute Gasteiger partial charge is 0.384 e. The van der Waals surface area contributed by atoms with Gasteiger partial charge < -0.3 is 10.6 Å². The minimum absolute atomic E-state index is 0.156. The minimum Gasteiger partial charge on any atom is -0.384 e. The summed E-state index contributed by atoms with van der Waals surface area (Å²) in [5.41, 5.74) is 6.08. The third-order valence-electron chi connectivity index (χ3n) is 2.54. The molecular formula is C12H16N6O. The maximum atomic E-state index is 11.8. The Kier molecular flexibility index (Phi) is 3.46. The van der Waals surface area contributed by atoms with E-state index >= 15 is 0 Å². The summed E-state index contributed by atoms with van der Waals surface area (Å²) in [6.07, 6.45) is 2.36. The average Bonchev–Trinajstić information content (AvgIpc) is 2.86. The van der Waals surface area contributed by atoms with Crippen LogP contribution in [0.3, 0.4) is 0 Å². The molecule has 100 valence electrons. The summed E-state index contributed by atoms with van der Waals surface area (Å²) >= 11 is 0. The van der Waals surface area contributed by atoms with Gasteiger partial charge in [0.25, 0.3) is 5.91 Å². The molecule has 0 aliphatic heterocycles. The Morgan fingerprint density at radius 1 is 1.42 bits per heavy atom. The number of amides is 1. The molecule has 2 aromatic rings. The summed E-state index contributed by atoms with van der Waals surface area (Å²) < 4.78 is 1.52. The summed E-state index contributed by atoms with van der Waals surface area (Å²) in [7, 11) is 3.36. The van der Waals surface area contributed by atoms with Gasteiger partial charge >= 0.3 is 0 Å². The number of hydrogen-bond donors (Lipinski definition) is 1. The quantitative estimate of drug-likeness (QED) is 0.868. The highest BCUT2D eigenvalue weighted by atomic mass is 16.2. The maximum Gasteiger partial charge on any atom is 0.273 e. The predicted octanol–water partition coefficient (Wildman–Crippen LogP) is 0.509. The Hall–Kier alpha value is -2.44. The number of carbonyl (C=O) groups excluding carboxylic acids is 1. The maximum absolute atomic E-state index is 11.8. The van der Waals surface area contributed by atoms with Gasteiger partial charge in [-0.2, -0.15) is 5.10 Å². The zero-order valence-corrected chi connectivity index (χ0v) is 11.2. The fourth-order valence-electron chi connectivity index (χ4n) is 1.57. The summed E-state index contributed by atoms with van der Waals surface area (Å²) in [6, 6.07) is 3.27. The summed E-state index contributed by atoms with van der Waals surface area (Å²) in [4.78, 5) is 21.7. The normalized spacial score (nSPS) is 10.5. The SMILES string of the molecule is CCc1nc(N)cc(-n2ccc(C(=O)N(C)C)n2)n1. The number of rotatable bonds is 3. The summed E-state index contributed by atoms with van der Waals surface area (Å²) in [5.74, 6) is 1.43. The van der Waals surface area contributed by atoms with Crippen LogP contribution in [0.1, 0.15) is 23.2 Å². The van der Waals surface area contributed by atoms with Crippen molar-refractivity contribution in [3.8, 4) is 5.82 Å². The molecule has 0 unspecified atom stereocenters. The first kappa shape index (κ1) is 13.0. The smallest absolute Gasteiger partial charge is 0.273 e. The van der Waals surface area contributed by atoms with Gasteiger partial charge in [0.1, 0.15) is 11.6 Å². The van der Waals surface area contributed by atoms with Crippen LogP contribution < -0.4 is 5.73 Å². The molecule has 0 aliphatic carbocycles. The van der Waals surface area contributed by atoms with E-state index in [1.807, 2.05) is 6.92 Å². The second-order valence-electron chi connectivity index (χ2n) is 4.27. The van der Waals surface area contributed by atoms with Crippen LogP contribution in [0.4, 0.5) is 5.82 Å². The molecule has 19 heavy (non-hydrogen) atoms. The van der Waals surface area contributed by atoms with Crippen molar-refractivity contribution in [3.05, 3.63) is 29.8 Å². The number of nitrogens with two attached hydrogens (primary N) is 1. The van der Waals surface area contributed by atoms with Crippen molar-refractivity contribution < 1.29 is 4.79 Å². The number of anilines is 1. The molecule has 2 rings (SSSR count). The Balaban J connectivity index is 2.37. The zero-order chi connectivity index (χ0) is 14.0. The van der Waals surface area contributed by atoms with Crippen molar-refractivity contribution in [2.45, 2.75) is 13.3 Å². The van der Waals surface area contributed by atoms with E-state index in [0.29, 0.717) is 29.6 Å². The van der Waals surface area contributed by atoms with Crippen molar-refractivity contribution in [2.24, 2.45) is 0 Å².